The second kappa shape index (κ2) is 6.75. The fourth-order valence-corrected chi connectivity index (χ4v) is 2.61. The maximum absolute atomic E-state index is 12.5. The minimum Gasteiger partial charge on any atom is -0.464 e. The number of hydrogen-bond donors (Lipinski definition) is 0. The molecule has 1 aliphatic heterocycles. The van der Waals surface area contributed by atoms with Gasteiger partial charge in [-0.25, -0.2) is 4.79 Å². The van der Waals surface area contributed by atoms with Gasteiger partial charge in [0.2, 0.25) is 0 Å². The minimum absolute atomic E-state index is 0.132. The number of nitrogens with zero attached hydrogens (tertiary/aromatic N) is 1. The molecule has 108 valence electrons. The molecule has 1 atom stereocenters. The lowest BCUT2D eigenvalue weighted by Gasteiger charge is -2.23. The van der Waals surface area contributed by atoms with E-state index < -0.39 is 6.04 Å². The first-order valence-electron chi connectivity index (χ1n) is 6.80. The molecule has 20 heavy (non-hydrogen) atoms. The Morgan fingerprint density at radius 3 is 2.95 bits per heavy atom. The van der Waals surface area contributed by atoms with Gasteiger partial charge in [-0.2, -0.15) is 0 Å². The van der Waals surface area contributed by atoms with Gasteiger partial charge in [0.25, 0.3) is 5.91 Å². The van der Waals surface area contributed by atoms with Crippen LogP contribution < -0.4 is 0 Å². The van der Waals surface area contributed by atoms with Gasteiger partial charge in [0.1, 0.15) is 6.04 Å². The highest BCUT2D eigenvalue weighted by molar-refractivity contribution is 6.17. The molecule has 0 aliphatic carbocycles. The average molecular weight is 296 g/mol. The van der Waals surface area contributed by atoms with Gasteiger partial charge in [-0.3, -0.25) is 4.79 Å². The Morgan fingerprint density at radius 1 is 1.45 bits per heavy atom. The molecule has 0 aromatic heterocycles. The molecule has 0 spiro atoms. The van der Waals surface area contributed by atoms with Crippen molar-refractivity contribution in [2.75, 3.05) is 13.2 Å². The lowest BCUT2D eigenvalue weighted by molar-refractivity contribution is -0.147. The van der Waals surface area contributed by atoms with Crippen LogP contribution in [0.4, 0.5) is 0 Å². The number of amides is 1. The first kappa shape index (κ1) is 14.9. The molecule has 0 saturated carbocycles. The molecule has 1 saturated heterocycles. The van der Waals surface area contributed by atoms with Gasteiger partial charge in [-0.15, -0.1) is 11.6 Å². The Kier molecular flexibility index (Phi) is 5.01. The number of ether oxygens (including phenoxy) is 1. The highest BCUT2D eigenvalue weighted by Gasteiger charge is 2.35. The summed E-state index contributed by atoms with van der Waals surface area (Å²) in [7, 11) is 0. The molecule has 5 heteroatoms. The highest BCUT2D eigenvalue weighted by Crippen LogP contribution is 2.22. The third-order valence-electron chi connectivity index (χ3n) is 3.40. The van der Waals surface area contributed by atoms with Crippen molar-refractivity contribution in [1.29, 1.82) is 0 Å². The summed E-state index contributed by atoms with van der Waals surface area (Å²) in [6, 6.07) is 6.74. The smallest absolute Gasteiger partial charge is 0.328 e. The summed E-state index contributed by atoms with van der Waals surface area (Å²) >= 11 is 5.78. The summed E-state index contributed by atoms with van der Waals surface area (Å²) in [5, 5.41) is 0. The number of alkyl halides is 1. The van der Waals surface area contributed by atoms with E-state index in [1.165, 1.54) is 0 Å². The first-order chi connectivity index (χ1) is 9.67. The van der Waals surface area contributed by atoms with Crippen LogP contribution in [0.2, 0.25) is 0 Å². The molecule has 1 aromatic carbocycles. The lowest BCUT2D eigenvalue weighted by Crippen LogP contribution is -2.41. The van der Waals surface area contributed by atoms with Gasteiger partial charge >= 0.3 is 5.97 Å². The van der Waals surface area contributed by atoms with Crippen molar-refractivity contribution in [3.8, 4) is 0 Å². The van der Waals surface area contributed by atoms with E-state index >= 15 is 0 Å². The van der Waals surface area contributed by atoms with Crippen molar-refractivity contribution in [2.24, 2.45) is 0 Å². The van der Waals surface area contributed by atoms with Gasteiger partial charge in [-0.05, 0) is 37.5 Å². The molecule has 1 amide bonds. The second-order valence-electron chi connectivity index (χ2n) is 4.74. The van der Waals surface area contributed by atoms with Crippen LogP contribution in [0.25, 0.3) is 0 Å². The van der Waals surface area contributed by atoms with E-state index in [-0.39, 0.29) is 11.9 Å². The molecule has 1 heterocycles. The number of benzene rings is 1. The van der Waals surface area contributed by atoms with Crippen molar-refractivity contribution in [3.05, 3.63) is 35.4 Å². The Balaban J connectivity index is 2.16. The zero-order chi connectivity index (χ0) is 14.5. The largest absolute Gasteiger partial charge is 0.464 e. The summed E-state index contributed by atoms with van der Waals surface area (Å²) in [4.78, 5) is 26.0. The molecule has 1 aliphatic rings. The maximum Gasteiger partial charge on any atom is 0.328 e. The fraction of sp³-hybridized carbons (Fsp3) is 0.467. The first-order valence-corrected chi connectivity index (χ1v) is 7.33. The Labute approximate surface area is 123 Å². The molecule has 4 nitrogen and oxygen atoms in total. The fourth-order valence-electron chi connectivity index (χ4n) is 2.45. The van der Waals surface area contributed by atoms with E-state index in [4.69, 9.17) is 16.3 Å². The van der Waals surface area contributed by atoms with Gasteiger partial charge in [0.15, 0.2) is 0 Å². The van der Waals surface area contributed by atoms with Crippen LogP contribution in [0, 0.1) is 0 Å². The lowest BCUT2D eigenvalue weighted by atomic mass is 10.1. The van der Waals surface area contributed by atoms with E-state index in [0.29, 0.717) is 31.0 Å². The molecule has 2 rings (SSSR count). The van der Waals surface area contributed by atoms with Gasteiger partial charge in [0, 0.05) is 18.0 Å². The molecular formula is C15H18ClNO3. The van der Waals surface area contributed by atoms with Crippen LogP contribution in [-0.4, -0.2) is 36.0 Å². The SMILES string of the molecule is CCOC(=O)C1CCCN1C(=O)c1cccc(CCl)c1. The number of halogens is 1. The number of carbonyl (C=O) groups is 2. The van der Waals surface area contributed by atoms with E-state index in [0.717, 1.165) is 12.0 Å². The normalized spacial score (nSPS) is 18.1. The summed E-state index contributed by atoms with van der Waals surface area (Å²) in [6.45, 7) is 2.69. The summed E-state index contributed by atoms with van der Waals surface area (Å²) in [5.74, 6) is -0.0815. The number of rotatable bonds is 4. The molecule has 1 aromatic rings. The zero-order valence-corrected chi connectivity index (χ0v) is 12.2. The molecule has 0 bridgehead atoms. The zero-order valence-electron chi connectivity index (χ0n) is 11.5. The number of carbonyl (C=O) groups excluding carboxylic acids is 2. The standard InChI is InChI=1S/C15H18ClNO3/c1-2-20-15(19)13-7-4-8-17(13)14(18)12-6-3-5-11(9-12)10-16/h3,5-6,9,13H,2,4,7-8,10H2,1H3. The Hall–Kier alpha value is -1.55. The third-order valence-corrected chi connectivity index (χ3v) is 3.71. The van der Waals surface area contributed by atoms with Crippen molar-refractivity contribution in [1.82, 2.24) is 4.90 Å². The highest BCUT2D eigenvalue weighted by atomic mass is 35.5. The van der Waals surface area contributed by atoms with Crippen LogP contribution in [-0.2, 0) is 15.4 Å². The van der Waals surface area contributed by atoms with Crippen LogP contribution in [0.5, 0.6) is 0 Å². The predicted octanol–water partition coefficient (Wildman–Crippen LogP) is 2.59. The van der Waals surface area contributed by atoms with Gasteiger partial charge in [-0.1, -0.05) is 12.1 Å². The Morgan fingerprint density at radius 2 is 2.25 bits per heavy atom. The van der Waals surface area contributed by atoms with E-state index in [1.54, 1.807) is 30.0 Å². The molecule has 1 fully saturated rings. The molecule has 0 radical (unpaired) electrons. The maximum atomic E-state index is 12.5. The van der Waals surface area contributed by atoms with Gasteiger partial charge in [0.05, 0.1) is 6.61 Å². The van der Waals surface area contributed by atoms with Crippen molar-refractivity contribution < 1.29 is 14.3 Å². The molecule has 1 unspecified atom stereocenters. The predicted molar refractivity (Wildman–Crippen MR) is 76.7 cm³/mol. The topological polar surface area (TPSA) is 46.6 Å². The van der Waals surface area contributed by atoms with Gasteiger partial charge < -0.3 is 9.64 Å². The van der Waals surface area contributed by atoms with Crippen molar-refractivity contribution >= 4 is 23.5 Å². The average Bonchev–Trinajstić information content (AvgIpc) is 2.96. The van der Waals surface area contributed by atoms with E-state index in [9.17, 15) is 9.59 Å². The van der Waals surface area contributed by atoms with Crippen LogP contribution >= 0.6 is 11.6 Å². The third kappa shape index (κ3) is 3.12. The van der Waals surface area contributed by atoms with E-state index in [2.05, 4.69) is 0 Å². The number of likely N-dealkylation sites (tertiary alicyclic amines) is 1. The number of hydrogen-bond acceptors (Lipinski definition) is 3. The van der Waals surface area contributed by atoms with E-state index in [1.807, 2.05) is 6.07 Å². The monoisotopic (exact) mass is 295 g/mol. The second-order valence-corrected chi connectivity index (χ2v) is 5.01. The summed E-state index contributed by atoms with van der Waals surface area (Å²) < 4.78 is 5.03. The van der Waals surface area contributed by atoms with Crippen LogP contribution in [0.15, 0.2) is 24.3 Å². The number of esters is 1. The van der Waals surface area contributed by atoms with Crippen molar-refractivity contribution in [3.63, 3.8) is 0 Å². The Bertz CT molecular complexity index is 504. The quantitative estimate of drug-likeness (QED) is 0.633. The summed E-state index contributed by atoms with van der Waals surface area (Å²) in [5.41, 5.74) is 1.46. The summed E-state index contributed by atoms with van der Waals surface area (Å²) in [6.07, 6.45) is 1.49. The van der Waals surface area contributed by atoms with Crippen molar-refractivity contribution in [2.45, 2.75) is 31.7 Å². The minimum atomic E-state index is -0.456. The molecule has 0 N–H and O–H groups in total. The molecular weight excluding hydrogens is 278 g/mol. The van der Waals surface area contributed by atoms with Crippen LogP contribution in [0.3, 0.4) is 0 Å². The van der Waals surface area contributed by atoms with Crippen LogP contribution in [0.1, 0.15) is 35.7 Å².